The number of benzene rings is 1. The van der Waals surface area contributed by atoms with E-state index in [9.17, 15) is 4.79 Å². The minimum Gasteiger partial charge on any atom is -0.477 e. The fraction of sp³-hybridized carbons (Fsp3) is 0. The fourth-order valence-electron chi connectivity index (χ4n) is 1.91. The Hall–Kier alpha value is -2.27. The van der Waals surface area contributed by atoms with Crippen LogP contribution in [0.25, 0.3) is 22.2 Å². The van der Waals surface area contributed by atoms with Crippen molar-refractivity contribution < 1.29 is 14.4 Å². The number of nitrogens with zero attached hydrogens (tertiary/aromatic N) is 1. The second-order valence-electron chi connectivity index (χ2n) is 3.74. The van der Waals surface area contributed by atoms with Crippen molar-refractivity contribution in [3.63, 3.8) is 0 Å². The van der Waals surface area contributed by atoms with Crippen molar-refractivity contribution in [2.24, 2.45) is 0 Å². The third kappa shape index (κ3) is 1.48. The van der Waals surface area contributed by atoms with Crippen molar-refractivity contribution in [2.45, 2.75) is 0 Å². The third-order valence-corrected chi connectivity index (χ3v) is 3.02. The number of aromatic amines is 1. The summed E-state index contributed by atoms with van der Waals surface area (Å²) in [5.41, 5.74) is 1.41. The Balaban J connectivity index is 2.32. The number of rotatable bonds is 2. The van der Waals surface area contributed by atoms with Gasteiger partial charge in [0.25, 0.3) is 0 Å². The minimum atomic E-state index is -1.09. The highest BCUT2D eigenvalue weighted by Gasteiger charge is 2.20. The van der Waals surface area contributed by atoms with Crippen molar-refractivity contribution >= 4 is 28.5 Å². The lowest BCUT2D eigenvalue weighted by Gasteiger charge is -1.98. The number of hydrogen-bond acceptors (Lipinski definition) is 3. The normalized spacial score (nSPS) is 10.9. The van der Waals surface area contributed by atoms with E-state index in [4.69, 9.17) is 21.2 Å². The molecule has 0 fully saturated rings. The van der Waals surface area contributed by atoms with Gasteiger partial charge in [-0.15, -0.1) is 0 Å². The topological polar surface area (TPSA) is 79.1 Å². The maximum atomic E-state index is 11.1. The summed E-state index contributed by atoms with van der Waals surface area (Å²) >= 11 is 6.12. The van der Waals surface area contributed by atoms with Crippen LogP contribution in [0, 0.1) is 0 Å². The molecule has 0 radical (unpaired) electrons. The Bertz CT molecular complexity index is 745. The molecule has 5 nitrogen and oxygen atoms in total. The first-order valence-electron chi connectivity index (χ1n) is 5.12. The maximum absolute atomic E-state index is 11.1. The Morgan fingerprint density at radius 2 is 2.28 bits per heavy atom. The molecule has 0 aliphatic heterocycles. The summed E-state index contributed by atoms with van der Waals surface area (Å²) < 4.78 is 5.02. The number of fused-ring (bicyclic) bond motifs is 1. The van der Waals surface area contributed by atoms with Gasteiger partial charge in [0.1, 0.15) is 5.56 Å². The molecule has 0 saturated heterocycles. The summed E-state index contributed by atoms with van der Waals surface area (Å²) in [6.07, 6.45) is 2.83. The zero-order valence-electron chi connectivity index (χ0n) is 8.98. The number of carbonyl (C=O) groups is 1. The van der Waals surface area contributed by atoms with Gasteiger partial charge in [0.05, 0.1) is 11.2 Å². The largest absolute Gasteiger partial charge is 0.477 e. The molecule has 1 aromatic carbocycles. The van der Waals surface area contributed by atoms with Crippen molar-refractivity contribution in [3.05, 3.63) is 41.2 Å². The third-order valence-electron chi connectivity index (χ3n) is 2.70. The number of nitrogens with one attached hydrogen (secondary N) is 1. The number of H-pyrrole nitrogens is 1. The smallest absolute Gasteiger partial charge is 0.341 e. The SMILES string of the molecule is O=C(O)c1cnoc1-c1c[nH]c2cccc(Cl)c12. The van der Waals surface area contributed by atoms with Crippen LogP contribution in [-0.2, 0) is 0 Å². The van der Waals surface area contributed by atoms with Crippen LogP contribution in [0.1, 0.15) is 10.4 Å². The lowest BCUT2D eigenvalue weighted by Crippen LogP contribution is -1.95. The number of hydrogen-bond donors (Lipinski definition) is 2. The van der Waals surface area contributed by atoms with Crippen LogP contribution < -0.4 is 0 Å². The van der Waals surface area contributed by atoms with E-state index in [-0.39, 0.29) is 11.3 Å². The molecule has 0 amide bonds. The zero-order valence-corrected chi connectivity index (χ0v) is 9.73. The molecule has 0 aliphatic carbocycles. The molecule has 90 valence electrons. The second-order valence-corrected chi connectivity index (χ2v) is 4.15. The number of aromatic nitrogens is 2. The number of carboxylic acid groups (broad SMARTS) is 1. The van der Waals surface area contributed by atoms with Crippen LogP contribution in [0.3, 0.4) is 0 Å². The minimum absolute atomic E-state index is 0.0100. The van der Waals surface area contributed by atoms with Gasteiger partial charge in [-0.3, -0.25) is 0 Å². The molecular weight excluding hydrogens is 256 g/mol. The quantitative estimate of drug-likeness (QED) is 0.743. The van der Waals surface area contributed by atoms with Crippen LogP contribution in [-0.4, -0.2) is 21.2 Å². The molecule has 0 saturated carbocycles. The van der Waals surface area contributed by atoms with Crippen LogP contribution in [0.5, 0.6) is 0 Å². The predicted octanol–water partition coefficient (Wildman–Crippen LogP) is 3.17. The highest BCUT2D eigenvalue weighted by Crippen LogP contribution is 2.35. The summed E-state index contributed by atoms with van der Waals surface area (Å²) in [6, 6.07) is 5.39. The summed E-state index contributed by atoms with van der Waals surface area (Å²) in [6.45, 7) is 0. The first-order valence-corrected chi connectivity index (χ1v) is 5.50. The average molecular weight is 263 g/mol. The second kappa shape index (κ2) is 3.89. The van der Waals surface area contributed by atoms with Gasteiger partial charge in [0.2, 0.25) is 0 Å². The van der Waals surface area contributed by atoms with E-state index >= 15 is 0 Å². The molecule has 3 rings (SSSR count). The standard InChI is InChI=1S/C12H7ClN2O3/c13-8-2-1-3-9-10(8)6(4-14-9)11-7(12(16)17)5-15-18-11/h1-5,14H,(H,16,17). The van der Waals surface area contributed by atoms with Crippen LogP contribution in [0.15, 0.2) is 35.1 Å². The van der Waals surface area contributed by atoms with Gasteiger partial charge >= 0.3 is 5.97 Å². The van der Waals surface area contributed by atoms with E-state index in [1.54, 1.807) is 12.3 Å². The zero-order chi connectivity index (χ0) is 12.7. The molecule has 0 atom stereocenters. The van der Waals surface area contributed by atoms with E-state index in [0.29, 0.717) is 10.6 Å². The summed E-state index contributed by atoms with van der Waals surface area (Å²) in [5, 5.41) is 13.8. The summed E-state index contributed by atoms with van der Waals surface area (Å²) in [5.74, 6) is -0.894. The van der Waals surface area contributed by atoms with E-state index in [0.717, 1.165) is 10.9 Å². The Morgan fingerprint density at radius 1 is 1.44 bits per heavy atom. The Kier molecular flexibility index (Phi) is 2.34. The average Bonchev–Trinajstić information content (AvgIpc) is 2.94. The molecule has 0 spiro atoms. The van der Waals surface area contributed by atoms with Gasteiger partial charge < -0.3 is 14.6 Å². The molecular formula is C12H7ClN2O3. The predicted molar refractivity (Wildman–Crippen MR) is 65.8 cm³/mol. The summed E-state index contributed by atoms with van der Waals surface area (Å²) in [7, 11) is 0. The van der Waals surface area contributed by atoms with E-state index in [1.807, 2.05) is 12.1 Å². The molecule has 0 aliphatic rings. The molecule has 2 N–H and O–H groups in total. The molecule has 0 bridgehead atoms. The first-order chi connectivity index (χ1) is 8.68. The lowest BCUT2D eigenvalue weighted by atomic mass is 10.1. The Labute approximate surface area is 106 Å². The molecule has 2 aromatic heterocycles. The maximum Gasteiger partial charge on any atom is 0.341 e. The van der Waals surface area contributed by atoms with E-state index < -0.39 is 5.97 Å². The van der Waals surface area contributed by atoms with Gasteiger partial charge in [-0.1, -0.05) is 22.8 Å². The van der Waals surface area contributed by atoms with Gasteiger partial charge in [-0.2, -0.15) is 0 Å². The van der Waals surface area contributed by atoms with Crippen LogP contribution in [0.4, 0.5) is 0 Å². The summed E-state index contributed by atoms with van der Waals surface area (Å²) in [4.78, 5) is 14.1. The number of halogens is 1. The highest BCUT2D eigenvalue weighted by molar-refractivity contribution is 6.36. The Morgan fingerprint density at radius 3 is 3.06 bits per heavy atom. The lowest BCUT2D eigenvalue weighted by molar-refractivity contribution is 0.0697. The fourth-order valence-corrected chi connectivity index (χ4v) is 2.18. The molecule has 3 aromatic rings. The van der Waals surface area contributed by atoms with Crippen molar-refractivity contribution in [3.8, 4) is 11.3 Å². The van der Waals surface area contributed by atoms with Crippen molar-refractivity contribution in [2.75, 3.05) is 0 Å². The van der Waals surface area contributed by atoms with Gasteiger partial charge in [0, 0.05) is 22.7 Å². The monoisotopic (exact) mass is 262 g/mol. The van der Waals surface area contributed by atoms with Gasteiger partial charge in [-0.25, -0.2) is 4.79 Å². The highest BCUT2D eigenvalue weighted by atomic mass is 35.5. The van der Waals surface area contributed by atoms with Gasteiger partial charge in [-0.05, 0) is 12.1 Å². The molecule has 6 heteroatoms. The first kappa shape index (κ1) is 10.9. The number of carboxylic acids is 1. The van der Waals surface area contributed by atoms with Crippen molar-refractivity contribution in [1.82, 2.24) is 10.1 Å². The van der Waals surface area contributed by atoms with Crippen LogP contribution in [0.2, 0.25) is 5.02 Å². The molecule has 2 heterocycles. The molecule has 0 unspecified atom stereocenters. The van der Waals surface area contributed by atoms with E-state index in [1.165, 1.54) is 6.20 Å². The van der Waals surface area contributed by atoms with Gasteiger partial charge in [0.15, 0.2) is 5.76 Å². The number of aromatic carboxylic acids is 1. The van der Waals surface area contributed by atoms with Crippen molar-refractivity contribution in [1.29, 1.82) is 0 Å². The van der Waals surface area contributed by atoms with Crippen LogP contribution >= 0.6 is 11.6 Å². The molecule has 18 heavy (non-hydrogen) atoms. The van der Waals surface area contributed by atoms with E-state index in [2.05, 4.69) is 10.1 Å².